The number of carboxylic acid groups (broad SMARTS) is 1. The summed E-state index contributed by atoms with van der Waals surface area (Å²) in [5.74, 6) is -1.31. The molecular weight excluding hydrogens is 534 g/mol. The Balaban J connectivity index is 1.39. The summed E-state index contributed by atoms with van der Waals surface area (Å²) in [7, 11) is 1.57. The van der Waals surface area contributed by atoms with Crippen molar-refractivity contribution >= 4 is 40.2 Å². The van der Waals surface area contributed by atoms with Crippen molar-refractivity contribution in [1.29, 1.82) is 0 Å². The summed E-state index contributed by atoms with van der Waals surface area (Å²) >= 11 is 7.73. The summed E-state index contributed by atoms with van der Waals surface area (Å²) in [5, 5.41) is 21.9. The van der Waals surface area contributed by atoms with Crippen LogP contribution in [-0.2, 0) is 4.79 Å². The van der Waals surface area contributed by atoms with Crippen LogP contribution in [0.5, 0.6) is 5.75 Å². The van der Waals surface area contributed by atoms with E-state index in [9.17, 15) is 23.8 Å². The Morgan fingerprint density at radius 2 is 2.03 bits per heavy atom. The number of rotatable bonds is 11. The summed E-state index contributed by atoms with van der Waals surface area (Å²) in [6.07, 6.45) is 2.89. The molecule has 0 spiro atoms. The van der Waals surface area contributed by atoms with Gasteiger partial charge in [-0.3, -0.25) is 9.78 Å². The number of fused-ring (bicyclic) bond motifs is 1. The Labute approximate surface area is 230 Å². The average Bonchev–Trinajstić information content (AvgIpc) is 2.90. The van der Waals surface area contributed by atoms with Gasteiger partial charge in [-0.1, -0.05) is 17.7 Å². The van der Waals surface area contributed by atoms with E-state index in [4.69, 9.17) is 16.3 Å². The largest absolute Gasteiger partial charge is 0.497 e. The lowest BCUT2D eigenvalue weighted by molar-refractivity contribution is -0.141. The van der Waals surface area contributed by atoms with Crippen LogP contribution in [-0.4, -0.2) is 58.6 Å². The number of carboxylic acids is 1. The smallest absolute Gasteiger partial charge is 0.303 e. The zero-order valence-electron chi connectivity index (χ0n) is 21.1. The van der Waals surface area contributed by atoms with E-state index in [1.807, 2.05) is 6.07 Å². The highest BCUT2D eigenvalue weighted by atomic mass is 35.5. The molecule has 10 heteroatoms. The predicted molar refractivity (Wildman–Crippen MR) is 145 cm³/mol. The van der Waals surface area contributed by atoms with E-state index >= 15 is 0 Å². The van der Waals surface area contributed by atoms with Crippen molar-refractivity contribution in [1.82, 2.24) is 9.88 Å². The molecule has 204 valence electrons. The summed E-state index contributed by atoms with van der Waals surface area (Å²) in [6, 6.07) is 9.56. The van der Waals surface area contributed by atoms with E-state index in [2.05, 4.69) is 9.88 Å². The topological polar surface area (TPSA) is 82.9 Å². The first kappa shape index (κ1) is 28.5. The number of ether oxygens (including phenoxy) is 1. The van der Waals surface area contributed by atoms with Crippen molar-refractivity contribution in [2.45, 2.75) is 43.1 Å². The van der Waals surface area contributed by atoms with Crippen molar-refractivity contribution in [3.8, 4) is 5.75 Å². The molecule has 0 saturated carbocycles. The fraction of sp³-hybridized carbons (Fsp3) is 0.429. The molecule has 4 rings (SSSR count). The van der Waals surface area contributed by atoms with Crippen LogP contribution in [0.25, 0.3) is 10.9 Å². The summed E-state index contributed by atoms with van der Waals surface area (Å²) in [5.41, 5.74) is 0.812. The van der Waals surface area contributed by atoms with Crippen molar-refractivity contribution in [3.63, 3.8) is 0 Å². The number of piperidine rings is 1. The fourth-order valence-electron chi connectivity index (χ4n) is 5.19. The number of aromatic nitrogens is 1. The van der Waals surface area contributed by atoms with Gasteiger partial charge in [0.05, 0.1) is 30.2 Å². The standard InChI is InChI=1S/C28H31ClF2N2O4S/c1-37-18-5-6-22-19(15-18)26(20(29)17-32-22)23(34)7-8-28(16-25(35)36)9-11-33(12-10-28)13-14-38-24-4-2-3-21(30)27(24)31/h2-6,15,17,23,34H,7-14,16H2,1H3,(H,35,36)/t23-/m1/s1. The highest BCUT2D eigenvalue weighted by Crippen LogP contribution is 2.43. The number of carbonyl (C=O) groups is 1. The predicted octanol–water partition coefficient (Wildman–Crippen LogP) is 6.34. The van der Waals surface area contributed by atoms with Gasteiger partial charge >= 0.3 is 5.97 Å². The van der Waals surface area contributed by atoms with Crippen LogP contribution in [0.2, 0.25) is 5.02 Å². The van der Waals surface area contributed by atoms with Gasteiger partial charge in [-0.15, -0.1) is 11.8 Å². The third kappa shape index (κ3) is 6.75. The number of likely N-dealkylation sites (tertiary alicyclic amines) is 1. The highest BCUT2D eigenvalue weighted by Gasteiger charge is 2.37. The second-order valence-electron chi connectivity index (χ2n) is 9.77. The Morgan fingerprint density at radius 1 is 1.26 bits per heavy atom. The molecule has 1 aliphatic heterocycles. The molecule has 2 heterocycles. The third-order valence-corrected chi connectivity index (χ3v) is 8.69. The van der Waals surface area contributed by atoms with Crippen molar-refractivity contribution in [2.75, 3.05) is 32.5 Å². The molecule has 0 bridgehead atoms. The maximum Gasteiger partial charge on any atom is 0.303 e. The quantitative estimate of drug-likeness (QED) is 0.263. The van der Waals surface area contributed by atoms with Gasteiger partial charge in [0.15, 0.2) is 11.6 Å². The second-order valence-corrected chi connectivity index (χ2v) is 11.3. The molecule has 0 aliphatic carbocycles. The molecule has 2 N–H and O–H groups in total. The molecule has 2 aromatic carbocycles. The summed E-state index contributed by atoms with van der Waals surface area (Å²) < 4.78 is 32.7. The summed E-state index contributed by atoms with van der Waals surface area (Å²) in [4.78, 5) is 18.6. The number of aliphatic carboxylic acids is 1. The number of halogens is 3. The van der Waals surface area contributed by atoms with Crippen molar-refractivity contribution < 1.29 is 28.5 Å². The van der Waals surface area contributed by atoms with Gasteiger partial charge in [-0.05, 0) is 74.5 Å². The second kappa shape index (κ2) is 12.6. The first-order valence-electron chi connectivity index (χ1n) is 12.5. The van der Waals surface area contributed by atoms with Gasteiger partial charge in [0.2, 0.25) is 0 Å². The van der Waals surface area contributed by atoms with Crippen LogP contribution in [0.1, 0.15) is 43.8 Å². The monoisotopic (exact) mass is 564 g/mol. The minimum Gasteiger partial charge on any atom is -0.497 e. The van der Waals surface area contributed by atoms with E-state index in [0.717, 1.165) is 6.07 Å². The number of aliphatic hydroxyl groups is 1. The van der Waals surface area contributed by atoms with Gasteiger partial charge < -0.3 is 19.8 Å². The Bertz CT molecular complexity index is 1290. The average molecular weight is 565 g/mol. The lowest BCUT2D eigenvalue weighted by Gasteiger charge is -2.41. The van der Waals surface area contributed by atoms with Gasteiger partial charge in [0, 0.05) is 34.3 Å². The molecule has 3 aromatic rings. The molecule has 1 aromatic heterocycles. The molecule has 38 heavy (non-hydrogen) atoms. The van der Waals surface area contributed by atoms with E-state index in [1.165, 1.54) is 24.0 Å². The lowest BCUT2D eigenvalue weighted by Crippen LogP contribution is -2.42. The molecule has 1 aliphatic rings. The first-order valence-corrected chi connectivity index (χ1v) is 13.9. The SMILES string of the molecule is COc1ccc2ncc(Cl)c([C@H](O)CCC3(CC(=O)O)CCN(CCSc4cccc(F)c4F)CC3)c2c1. The van der Waals surface area contributed by atoms with Crippen molar-refractivity contribution in [3.05, 3.63) is 64.8 Å². The molecule has 1 atom stereocenters. The molecule has 6 nitrogen and oxygen atoms in total. The summed E-state index contributed by atoms with van der Waals surface area (Å²) in [6.45, 7) is 2.09. The van der Waals surface area contributed by atoms with Gasteiger partial charge in [-0.25, -0.2) is 8.78 Å². The number of hydrogen-bond donors (Lipinski definition) is 2. The molecule has 1 fully saturated rings. The van der Waals surface area contributed by atoms with Crippen LogP contribution in [0.15, 0.2) is 47.5 Å². The van der Waals surface area contributed by atoms with Crippen LogP contribution in [0.3, 0.4) is 0 Å². The van der Waals surface area contributed by atoms with Gasteiger partial charge in [0.1, 0.15) is 5.75 Å². The fourth-order valence-corrected chi connectivity index (χ4v) is 6.43. The minimum atomic E-state index is -0.888. The molecule has 0 radical (unpaired) electrons. The number of nitrogens with zero attached hydrogens (tertiary/aromatic N) is 2. The maximum atomic E-state index is 13.9. The van der Waals surface area contributed by atoms with E-state index in [1.54, 1.807) is 25.3 Å². The van der Waals surface area contributed by atoms with Gasteiger partial charge in [0.25, 0.3) is 0 Å². The molecule has 1 saturated heterocycles. The number of pyridine rings is 1. The van der Waals surface area contributed by atoms with E-state index in [-0.39, 0.29) is 11.3 Å². The number of methoxy groups -OCH3 is 1. The molecular formula is C28H31ClF2N2O4S. The zero-order valence-corrected chi connectivity index (χ0v) is 22.7. The van der Waals surface area contributed by atoms with E-state index in [0.29, 0.717) is 78.3 Å². The minimum absolute atomic E-state index is 0.0233. The number of hydrogen-bond acceptors (Lipinski definition) is 6. The molecule has 0 unspecified atom stereocenters. The Morgan fingerprint density at radius 3 is 2.74 bits per heavy atom. The first-order chi connectivity index (χ1) is 18.2. The maximum absolute atomic E-state index is 13.9. The zero-order chi connectivity index (χ0) is 27.3. The van der Waals surface area contributed by atoms with Crippen LogP contribution in [0, 0.1) is 17.0 Å². The van der Waals surface area contributed by atoms with E-state index < -0.39 is 29.1 Å². The number of benzene rings is 2. The Hall–Kier alpha value is -2.46. The molecule has 0 amide bonds. The lowest BCUT2D eigenvalue weighted by atomic mass is 9.71. The third-order valence-electron chi connectivity index (χ3n) is 7.37. The van der Waals surface area contributed by atoms with Crippen LogP contribution >= 0.6 is 23.4 Å². The van der Waals surface area contributed by atoms with Crippen molar-refractivity contribution in [2.24, 2.45) is 5.41 Å². The Kier molecular flexibility index (Phi) is 9.46. The van der Waals surface area contributed by atoms with Crippen LogP contribution in [0.4, 0.5) is 8.78 Å². The number of thioether (sulfide) groups is 1. The highest BCUT2D eigenvalue weighted by molar-refractivity contribution is 7.99. The normalized spacial score (nSPS) is 16.4. The van der Waals surface area contributed by atoms with Gasteiger partial charge in [-0.2, -0.15) is 0 Å². The van der Waals surface area contributed by atoms with Crippen LogP contribution < -0.4 is 4.74 Å². The number of aliphatic hydroxyl groups excluding tert-OH is 1.